The number of carbonyl (C=O) groups is 1. The molecule has 17 heavy (non-hydrogen) atoms. The fourth-order valence-electron chi connectivity index (χ4n) is 1.39. The summed E-state index contributed by atoms with van der Waals surface area (Å²) in [5.41, 5.74) is 5.98. The zero-order valence-corrected chi connectivity index (χ0v) is 11.4. The highest BCUT2D eigenvalue weighted by atomic mass is 79.9. The maximum atomic E-state index is 13.0. The first kappa shape index (κ1) is 14.1. The van der Waals surface area contributed by atoms with Crippen molar-refractivity contribution >= 4 is 21.8 Å². The van der Waals surface area contributed by atoms with E-state index in [1.807, 2.05) is 13.8 Å². The summed E-state index contributed by atoms with van der Waals surface area (Å²) >= 11 is 3.05. The lowest BCUT2D eigenvalue weighted by atomic mass is 10.0. The van der Waals surface area contributed by atoms with Gasteiger partial charge in [-0.15, -0.1) is 0 Å². The predicted molar refractivity (Wildman–Crippen MR) is 69.2 cm³/mol. The number of nitrogens with one attached hydrogen (secondary N) is 1. The molecule has 1 unspecified atom stereocenters. The van der Waals surface area contributed by atoms with Crippen LogP contribution in [0.25, 0.3) is 0 Å². The highest BCUT2D eigenvalue weighted by Gasteiger charge is 2.16. The van der Waals surface area contributed by atoms with E-state index in [4.69, 9.17) is 5.73 Å². The quantitative estimate of drug-likeness (QED) is 0.897. The number of benzene rings is 1. The number of halogens is 2. The first-order valence-electron chi connectivity index (χ1n) is 5.41. The molecule has 0 bridgehead atoms. The first-order chi connectivity index (χ1) is 7.95. The van der Waals surface area contributed by atoms with E-state index in [-0.39, 0.29) is 28.2 Å². The average Bonchev–Trinajstić information content (AvgIpc) is 2.28. The molecule has 3 N–H and O–H groups in total. The number of rotatable bonds is 4. The third kappa shape index (κ3) is 3.78. The number of hydrogen-bond donors (Lipinski definition) is 2. The molecule has 0 saturated heterocycles. The second kappa shape index (κ2) is 6.12. The van der Waals surface area contributed by atoms with Crippen LogP contribution < -0.4 is 11.1 Å². The molecule has 0 aliphatic heterocycles. The number of carbonyl (C=O) groups excluding carboxylic acids is 1. The summed E-state index contributed by atoms with van der Waals surface area (Å²) in [6, 6.07) is 4.08. The highest BCUT2D eigenvalue weighted by Crippen LogP contribution is 2.17. The van der Waals surface area contributed by atoms with Crippen LogP contribution in [0.15, 0.2) is 22.7 Å². The van der Waals surface area contributed by atoms with Gasteiger partial charge in [0.15, 0.2) is 0 Å². The summed E-state index contributed by atoms with van der Waals surface area (Å²) in [6.45, 7) is 4.35. The monoisotopic (exact) mass is 302 g/mol. The molecule has 1 atom stereocenters. The van der Waals surface area contributed by atoms with E-state index in [1.165, 1.54) is 18.2 Å². The van der Waals surface area contributed by atoms with E-state index in [0.717, 1.165) is 0 Å². The molecule has 0 aliphatic rings. The van der Waals surface area contributed by atoms with Gasteiger partial charge in [0.1, 0.15) is 5.82 Å². The van der Waals surface area contributed by atoms with Crippen molar-refractivity contribution in [3.05, 3.63) is 34.1 Å². The average molecular weight is 303 g/mol. The van der Waals surface area contributed by atoms with Gasteiger partial charge in [0.2, 0.25) is 0 Å². The van der Waals surface area contributed by atoms with Crippen LogP contribution in [0.4, 0.5) is 4.39 Å². The molecule has 1 rings (SSSR count). The van der Waals surface area contributed by atoms with Crippen molar-refractivity contribution in [1.82, 2.24) is 5.32 Å². The van der Waals surface area contributed by atoms with E-state index >= 15 is 0 Å². The minimum Gasteiger partial charge on any atom is -0.348 e. The summed E-state index contributed by atoms with van der Waals surface area (Å²) in [5.74, 6) is -0.372. The third-order valence-electron chi connectivity index (χ3n) is 2.56. The van der Waals surface area contributed by atoms with Gasteiger partial charge in [-0.3, -0.25) is 4.79 Å². The molecule has 1 aromatic carbocycles. The maximum Gasteiger partial charge on any atom is 0.251 e. The van der Waals surface area contributed by atoms with Crippen molar-refractivity contribution in [2.75, 3.05) is 6.54 Å². The SMILES string of the molecule is CC(C)C(CN)NC(=O)c1ccc(F)c(Br)c1. The molecule has 1 amide bonds. The summed E-state index contributed by atoms with van der Waals surface area (Å²) < 4.78 is 13.3. The van der Waals surface area contributed by atoms with E-state index in [9.17, 15) is 9.18 Å². The number of amides is 1. The Balaban J connectivity index is 2.79. The second-order valence-electron chi connectivity index (χ2n) is 4.19. The van der Waals surface area contributed by atoms with Gasteiger partial charge in [-0.05, 0) is 40.0 Å². The van der Waals surface area contributed by atoms with E-state index in [0.29, 0.717) is 12.1 Å². The van der Waals surface area contributed by atoms with Gasteiger partial charge in [0.25, 0.3) is 5.91 Å². The molecule has 0 heterocycles. The smallest absolute Gasteiger partial charge is 0.251 e. The normalized spacial score (nSPS) is 12.6. The van der Waals surface area contributed by atoms with Gasteiger partial charge in [-0.2, -0.15) is 0 Å². The standard InChI is InChI=1S/C12H16BrFN2O/c1-7(2)11(6-15)16-12(17)8-3-4-10(14)9(13)5-8/h3-5,7,11H,6,15H2,1-2H3,(H,16,17). The van der Waals surface area contributed by atoms with Crippen LogP contribution in [-0.2, 0) is 0 Å². The minimum atomic E-state index is -0.388. The van der Waals surface area contributed by atoms with E-state index < -0.39 is 0 Å². The van der Waals surface area contributed by atoms with Crippen molar-refractivity contribution in [2.24, 2.45) is 11.7 Å². The van der Waals surface area contributed by atoms with Gasteiger partial charge in [0, 0.05) is 18.2 Å². The topological polar surface area (TPSA) is 55.1 Å². The Morgan fingerprint density at radius 2 is 2.18 bits per heavy atom. The third-order valence-corrected chi connectivity index (χ3v) is 3.16. The largest absolute Gasteiger partial charge is 0.348 e. The fraction of sp³-hybridized carbons (Fsp3) is 0.417. The van der Waals surface area contributed by atoms with Crippen molar-refractivity contribution < 1.29 is 9.18 Å². The molecular formula is C12H16BrFN2O. The molecule has 0 fully saturated rings. The molecule has 94 valence electrons. The Hall–Kier alpha value is -0.940. The minimum absolute atomic E-state index is 0.0775. The summed E-state index contributed by atoms with van der Waals surface area (Å²) in [7, 11) is 0. The summed E-state index contributed by atoms with van der Waals surface area (Å²) in [5, 5.41) is 2.82. The van der Waals surface area contributed by atoms with Crippen molar-refractivity contribution in [2.45, 2.75) is 19.9 Å². The van der Waals surface area contributed by atoms with Crippen molar-refractivity contribution in [3.8, 4) is 0 Å². The molecule has 3 nitrogen and oxygen atoms in total. The molecule has 0 aliphatic carbocycles. The van der Waals surface area contributed by atoms with E-state index in [2.05, 4.69) is 21.2 Å². The lowest BCUT2D eigenvalue weighted by molar-refractivity contribution is 0.0927. The van der Waals surface area contributed by atoms with Crippen LogP contribution >= 0.6 is 15.9 Å². The molecule has 1 aromatic rings. The lowest BCUT2D eigenvalue weighted by Crippen LogP contribution is -2.43. The fourth-order valence-corrected chi connectivity index (χ4v) is 1.77. The molecule has 0 saturated carbocycles. The zero-order chi connectivity index (χ0) is 13.0. The molecule has 0 spiro atoms. The Morgan fingerprint density at radius 1 is 1.53 bits per heavy atom. The van der Waals surface area contributed by atoms with Gasteiger partial charge in [0.05, 0.1) is 4.47 Å². The van der Waals surface area contributed by atoms with Gasteiger partial charge < -0.3 is 11.1 Å². The predicted octanol–water partition coefficient (Wildman–Crippen LogP) is 2.30. The molecule has 0 radical (unpaired) electrons. The molecule has 0 aromatic heterocycles. The van der Waals surface area contributed by atoms with Gasteiger partial charge >= 0.3 is 0 Å². The highest BCUT2D eigenvalue weighted by molar-refractivity contribution is 9.10. The maximum absolute atomic E-state index is 13.0. The molecular weight excluding hydrogens is 287 g/mol. The van der Waals surface area contributed by atoms with Crippen LogP contribution in [0.5, 0.6) is 0 Å². The van der Waals surface area contributed by atoms with Crippen LogP contribution in [0.3, 0.4) is 0 Å². The van der Waals surface area contributed by atoms with Crippen molar-refractivity contribution in [3.63, 3.8) is 0 Å². The second-order valence-corrected chi connectivity index (χ2v) is 5.04. The van der Waals surface area contributed by atoms with E-state index in [1.54, 1.807) is 0 Å². The first-order valence-corrected chi connectivity index (χ1v) is 6.21. The summed E-state index contributed by atoms with van der Waals surface area (Å²) in [4.78, 5) is 11.9. The Labute approximate surface area is 109 Å². The summed E-state index contributed by atoms with van der Waals surface area (Å²) in [6.07, 6.45) is 0. The Kier molecular flexibility index (Phi) is 5.08. The molecule has 5 heteroatoms. The van der Waals surface area contributed by atoms with Crippen LogP contribution in [0, 0.1) is 11.7 Å². The van der Waals surface area contributed by atoms with Gasteiger partial charge in [-0.1, -0.05) is 13.8 Å². The Morgan fingerprint density at radius 3 is 2.65 bits per heavy atom. The zero-order valence-electron chi connectivity index (χ0n) is 9.84. The van der Waals surface area contributed by atoms with Crippen LogP contribution in [-0.4, -0.2) is 18.5 Å². The lowest BCUT2D eigenvalue weighted by Gasteiger charge is -2.20. The van der Waals surface area contributed by atoms with Gasteiger partial charge in [-0.25, -0.2) is 4.39 Å². The van der Waals surface area contributed by atoms with Crippen molar-refractivity contribution in [1.29, 1.82) is 0 Å². The van der Waals surface area contributed by atoms with Crippen LogP contribution in [0.1, 0.15) is 24.2 Å². The Bertz CT molecular complexity index is 409. The number of nitrogens with two attached hydrogens (primary N) is 1. The van der Waals surface area contributed by atoms with Crippen LogP contribution in [0.2, 0.25) is 0 Å². The number of hydrogen-bond acceptors (Lipinski definition) is 2.